The molecule has 0 nitrogen and oxygen atoms in total. The van der Waals surface area contributed by atoms with Gasteiger partial charge in [-0.3, -0.25) is 0 Å². The lowest BCUT2D eigenvalue weighted by Gasteiger charge is -1.86. The predicted octanol–water partition coefficient (Wildman–Crippen LogP) is 5.63. The molecule has 0 aliphatic heterocycles. The van der Waals surface area contributed by atoms with Gasteiger partial charge in [-0.25, -0.2) is 0 Å². The summed E-state index contributed by atoms with van der Waals surface area (Å²) in [5.74, 6) is 1.44. The largest absolute Gasteiger partial charge is 0.103 e. The quantitative estimate of drug-likeness (QED) is 0.518. The first-order valence-electron chi connectivity index (χ1n) is 5.78. The first-order chi connectivity index (χ1) is 6.95. The van der Waals surface area contributed by atoms with Crippen molar-refractivity contribution in [2.75, 3.05) is 0 Å². The highest BCUT2D eigenvalue weighted by molar-refractivity contribution is 4.79. The number of hydrogen-bond donors (Lipinski definition) is 0. The molecule has 0 spiro atoms. The molecule has 0 bridgehead atoms. The highest BCUT2D eigenvalue weighted by Crippen LogP contribution is 1.91. The van der Waals surface area contributed by atoms with Gasteiger partial charge in [-0.05, 0) is 32.6 Å². The van der Waals surface area contributed by atoms with Crippen LogP contribution in [0.5, 0.6) is 0 Å². The van der Waals surface area contributed by atoms with Crippen molar-refractivity contribution < 1.29 is 0 Å². The van der Waals surface area contributed by atoms with E-state index in [0.717, 1.165) is 11.8 Å². The van der Waals surface area contributed by atoms with Crippen LogP contribution < -0.4 is 0 Å². The van der Waals surface area contributed by atoms with Crippen LogP contribution in [0.15, 0.2) is 37.0 Å². The first kappa shape index (κ1) is 19.7. The molecule has 0 heterocycles. The number of allylic oxidation sites excluding steroid dienone is 5. The Balaban J connectivity index is -0.000000153. The van der Waals surface area contributed by atoms with Gasteiger partial charge in [0.1, 0.15) is 0 Å². The summed E-state index contributed by atoms with van der Waals surface area (Å²) in [5.41, 5.74) is 0. The van der Waals surface area contributed by atoms with E-state index < -0.39 is 0 Å². The molecule has 0 atom stereocenters. The van der Waals surface area contributed by atoms with Gasteiger partial charge >= 0.3 is 0 Å². The molecule has 0 rings (SSSR count). The van der Waals surface area contributed by atoms with Gasteiger partial charge < -0.3 is 0 Å². The Morgan fingerprint density at radius 3 is 0.933 bits per heavy atom. The van der Waals surface area contributed by atoms with Crippen molar-refractivity contribution >= 4 is 0 Å². The fraction of sp³-hybridized carbons (Fsp3) is 0.600. The molecule has 0 heteroatoms. The third kappa shape index (κ3) is 61.1. The molecule has 0 aromatic carbocycles. The van der Waals surface area contributed by atoms with Crippen LogP contribution in [0.2, 0.25) is 0 Å². The minimum atomic E-state index is 0.718. The molecule has 0 unspecified atom stereocenters. The van der Waals surface area contributed by atoms with Crippen molar-refractivity contribution in [3.8, 4) is 0 Å². The van der Waals surface area contributed by atoms with Gasteiger partial charge in [0.25, 0.3) is 0 Å². The fourth-order valence-electron chi connectivity index (χ4n) is 0.770. The summed E-state index contributed by atoms with van der Waals surface area (Å²) in [5, 5.41) is 0. The molecule has 0 amide bonds. The second-order valence-corrected chi connectivity index (χ2v) is 3.95. The van der Waals surface area contributed by atoms with E-state index in [0.29, 0.717) is 0 Å². The third-order valence-corrected chi connectivity index (χ3v) is 1.15. The van der Waals surface area contributed by atoms with Crippen molar-refractivity contribution in [1.29, 1.82) is 0 Å². The van der Waals surface area contributed by atoms with E-state index in [-0.39, 0.29) is 0 Å². The molecule has 0 saturated carbocycles. The Hall–Kier alpha value is -0.780. The zero-order valence-corrected chi connectivity index (χ0v) is 11.7. The maximum absolute atomic E-state index is 3.36. The molecule has 0 radical (unpaired) electrons. The molecule has 0 fully saturated rings. The van der Waals surface area contributed by atoms with Gasteiger partial charge in [-0.2, -0.15) is 0 Å². The smallest absolute Gasteiger partial charge is 0.0291 e. The molecular weight excluding hydrogens is 180 g/mol. The lowest BCUT2D eigenvalue weighted by molar-refractivity contribution is 0.830. The van der Waals surface area contributed by atoms with Crippen LogP contribution in [-0.4, -0.2) is 0 Å². The molecular formula is C15H30. The van der Waals surface area contributed by atoms with Gasteiger partial charge in [0.05, 0.1) is 0 Å². The molecule has 0 aliphatic carbocycles. The lowest BCUT2D eigenvalue weighted by atomic mass is 10.2. The van der Waals surface area contributed by atoms with Gasteiger partial charge in [0.2, 0.25) is 0 Å². The van der Waals surface area contributed by atoms with Crippen LogP contribution in [-0.2, 0) is 0 Å². The summed E-state index contributed by atoms with van der Waals surface area (Å²) < 4.78 is 0. The fourth-order valence-corrected chi connectivity index (χ4v) is 0.770. The Bertz CT molecular complexity index is 131. The van der Waals surface area contributed by atoms with Crippen LogP contribution in [0.4, 0.5) is 0 Å². The summed E-state index contributed by atoms with van der Waals surface area (Å²) in [4.78, 5) is 0. The van der Waals surface area contributed by atoms with Crippen LogP contribution >= 0.6 is 0 Å². The summed E-state index contributed by atoms with van der Waals surface area (Å²) in [6.45, 7) is 18.0. The Morgan fingerprint density at radius 1 is 0.733 bits per heavy atom. The van der Waals surface area contributed by atoms with E-state index in [2.05, 4.69) is 58.6 Å². The van der Waals surface area contributed by atoms with Crippen molar-refractivity contribution in [3.63, 3.8) is 0 Å². The van der Waals surface area contributed by atoms with Gasteiger partial charge in [0.15, 0.2) is 0 Å². The zero-order valence-electron chi connectivity index (χ0n) is 11.7. The van der Waals surface area contributed by atoms with Crippen LogP contribution in [0.1, 0.15) is 48.5 Å². The second kappa shape index (κ2) is 18.9. The van der Waals surface area contributed by atoms with Crippen molar-refractivity contribution in [1.82, 2.24) is 0 Å². The average Bonchev–Trinajstić information content (AvgIpc) is 2.05. The van der Waals surface area contributed by atoms with E-state index in [1.165, 1.54) is 0 Å². The number of rotatable bonds is 2. The minimum Gasteiger partial charge on any atom is -0.103 e. The first-order valence-corrected chi connectivity index (χ1v) is 5.78. The Labute approximate surface area is 97.8 Å². The van der Waals surface area contributed by atoms with Gasteiger partial charge in [0, 0.05) is 0 Å². The molecule has 0 aromatic rings. The van der Waals surface area contributed by atoms with E-state index in [1.807, 2.05) is 20.8 Å². The minimum absolute atomic E-state index is 0.718. The lowest BCUT2D eigenvalue weighted by Crippen LogP contribution is -1.73. The predicted molar refractivity (Wildman–Crippen MR) is 75.2 cm³/mol. The van der Waals surface area contributed by atoms with E-state index in [9.17, 15) is 0 Å². The SMILES string of the molecule is C=CC.CC=CC(C)C.CC=CC(C)C. The van der Waals surface area contributed by atoms with E-state index in [1.54, 1.807) is 6.08 Å². The summed E-state index contributed by atoms with van der Waals surface area (Å²) >= 11 is 0. The molecule has 0 N–H and O–H groups in total. The van der Waals surface area contributed by atoms with Crippen molar-refractivity contribution in [3.05, 3.63) is 37.0 Å². The molecule has 0 saturated heterocycles. The number of hydrogen-bond acceptors (Lipinski definition) is 0. The summed E-state index contributed by atoms with van der Waals surface area (Å²) in [6, 6.07) is 0. The topological polar surface area (TPSA) is 0 Å². The van der Waals surface area contributed by atoms with E-state index in [4.69, 9.17) is 0 Å². The maximum Gasteiger partial charge on any atom is -0.0291 e. The Morgan fingerprint density at radius 2 is 0.933 bits per heavy atom. The van der Waals surface area contributed by atoms with Crippen molar-refractivity contribution in [2.45, 2.75) is 48.5 Å². The van der Waals surface area contributed by atoms with Crippen LogP contribution in [0.3, 0.4) is 0 Å². The molecule has 0 aromatic heterocycles. The van der Waals surface area contributed by atoms with Gasteiger partial charge in [-0.1, -0.05) is 58.1 Å². The Kier molecular flexibility index (Phi) is 24.9. The summed E-state index contributed by atoms with van der Waals surface area (Å²) in [7, 11) is 0. The van der Waals surface area contributed by atoms with Gasteiger partial charge in [-0.15, -0.1) is 6.58 Å². The molecule has 15 heavy (non-hydrogen) atoms. The highest BCUT2D eigenvalue weighted by Gasteiger charge is 1.76. The summed E-state index contributed by atoms with van der Waals surface area (Å²) in [6.07, 6.45) is 10.2. The standard InChI is InChI=1S/2C6H12.C3H6/c2*1-4-5-6(2)3;1-3-2/h2*4-6H,1-3H3;3H,1H2,2H3. The zero-order chi connectivity index (χ0) is 12.7. The van der Waals surface area contributed by atoms with E-state index >= 15 is 0 Å². The van der Waals surface area contributed by atoms with Crippen molar-refractivity contribution in [2.24, 2.45) is 11.8 Å². The molecule has 0 aliphatic rings. The highest BCUT2D eigenvalue weighted by atomic mass is 13.8. The second-order valence-electron chi connectivity index (χ2n) is 3.95. The average molecular weight is 210 g/mol. The monoisotopic (exact) mass is 210 g/mol. The maximum atomic E-state index is 3.36. The normalized spacial score (nSPS) is 9.93. The molecule has 90 valence electrons. The van der Waals surface area contributed by atoms with Crippen LogP contribution in [0, 0.1) is 11.8 Å². The third-order valence-electron chi connectivity index (χ3n) is 1.15. The van der Waals surface area contributed by atoms with Crippen LogP contribution in [0.25, 0.3) is 0 Å².